The van der Waals surface area contributed by atoms with Crippen LogP contribution in [0.3, 0.4) is 0 Å². The van der Waals surface area contributed by atoms with E-state index in [-0.39, 0.29) is 0 Å². The molecule has 1 heterocycles. The topological polar surface area (TPSA) is 4.93 Å². The molecule has 104 valence electrons. The molecule has 0 aliphatic rings. The predicted molar refractivity (Wildman–Crippen MR) is 98.8 cm³/mol. The van der Waals surface area contributed by atoms with Crippen molar-refractivity contribution in [3.05, 3.63) is 72.8 Å². The molecule has 0 aliphatic heterocycles. The van der Waals surface area contributed by atoms with Gasteiger partial charge in [0.1, 0.15) is 0 Å². The van der Waals surface area contributed by atoms with E-state index < -0.39 is 0 Å². The highest BCUT2D eigenvalue weighted by Gasteiger charge is 2.13. The van der Waals surface area contributed by atoms with Gasteiger partial charge < -0.3 is 0 Å². The van der Waals surface area contributed by atoms with Crippen molar-refractivity contribution >= 4 is 56.2 Å². The van der Waals surface area contributed by atoms with Gasteiger partial charge in [-0.2, -0.15) is 0 Å². The normalized spacial score (nSPS) is 11.9. The van der Waals surface area contributed by atoms with E-state index in [0.29, 0.717) is 0 Å². The summed E-state index contributed by atoms with van der Waals surface area (Å²) in [6.07, 6.45) is 0. The molecule has 0 fully saturated rings. The van der Waals surface area contributed by atoms with Gasteiger partial charge in [0.05, 0.1) is 11.0 Å². The summed E-state index contributed by atoms with van der Waals surface area (Å²) in [6, 6.07) is 25.8. The minimum Gasteiger partial charge on any atom is -0.286 e. The van der Waals surface area contributed by atoms with Crippen molar-refractivity contribution in [1.29, 1.82) is 0 Å². The number of thiol groups is 1. The van der Waals surface area contributed by atoms with Crippen LogP contribution in [0.4, 0.5) is 0 Å². The minimum absolute atomic E-state index is 1.16. The van der Waals surface area contributed by atoms with E-state index in [4.69, 9.17) is 12.8 Å². The molecule has 22 heavy (non-hydrogen) atoms. The van der Waals surface area contributed by atoms with Gasteiger partial charge in [-0.3, -0.25) is 3.97 Å². The maximum Gasteiger partial charge on any atom is 0.0608 e. The van der Waals surface area contributed by atoms with Crippen molar-refractivity contribution in [1.82, 2.24) is 3.97 Å². The maximum atomic E-state index is 4.74. The van der Waals surface area contributed by atoms with Gasteiger partial charge in [0.25, 0.3) is 0 Å². The summed E-state index contributed by atoms with van der Waals surface area (Å²) in [4.78, 5) is 0. The molecule has 0 spiro atoms. The molecule has 0 atom stereocenters. The summed E-state index contributed by atoms with van der Waals surface area (Å²) in [5, 5.41) is 7.69. The molecule has 0 unspecified atom stereocenters. The predicted octanol–water partition coefficient (Wildman–Crippen LogP) is 5.79. The lowest BCUT2D eigenvalue weighted by Gasteiger charge is -2.02. The van der Waals surface area contributed by atoms with Crippen LogP contribution in [0, 0.1) is 0 Å². The molecule has 0 aliphatic carbocycles. The molecular formula is C20H13NS. The van der Waals surface area contributed by atoms with Gasteiger partial charge in [-0.15, -0.1) is 0 Å². The summed E-state index contributed by atoms with van der Waals surface area (Å²) >= 11 is 4.74. The van der Waals surface area contributed by atoms with Gasteiger partial charge >= 0.3 is 0 Å². The van der Waals surface area contributed by atoms with Crippen molar-refractivity contribution < 1.29 is 0 Å². The Balaban J connectivity index is 2.21. The van der Waals surface area contributed by atoms with Crippen LogP contribution in [0.25, 0.3) is 43.4 Å². The number of fused-ring (bicyclic) bond motifs is 7. The first-order valence-corrected chi connectivity index (χ1v) is 7.77. The fourth-order valence-corrected chi connectivity index (χ4v) is 3.86. The molecule has 2 heteroatoms. The number of benzene rings is 4. The van der Waals surface area contributed by atoms with Crippen LogP contribution in [0.1, 0.15) is 0 Å². The summed E-state index contributed by atoms with van der Waals surface area (Å²) < 4.78 is 2.00. The number of hydrogen-bond donors (Lipinski definition) is 1. The van der Waals surface area contributed by atoms with Gasteiger partial charge in [0.2, 0.25) is 0 Å². The summed E-state index contributed by atoms with van der Waals surface area (Å²) in [5.74, 6) is 0. The number of rotatable bonds is 0. The molecule has 0 saturated heterocycles. The van der Waals surface area contributed by atoms with Crippen molar-refractivity contribution in [3.8, 4) is 0 Å². The lowest BCUT2D eigenvalue weighted by atomic mass is 10.00. The third-order valence-electron chi connectivity index (χ3n) is 4.52. The fourth-order valence-electron chi connectivity index (χ4n) is 3.53. The number of aromatic nitrogens is 1. The maximum absolute atomic E-state index is 4.74. The molecule has 5 rings (SSSR count). The van der Waals surface area contributed by atoms with E-state index >= 15 is 0 Å². The van der Waals surface area contributed by atoms with Gasteiger partial charge in [-0.05, 0) is 33.7 Å². The molecule has 0 saturated carbocycles. The van der Waals surface area contributed by atoms with Crippen LogP contribution in [-0.2, 0) is 0 Å². The van der Waals surface area contributed by atoms with Crippen LogP contribution in [0.5, 0.6) is 0 Å². The zero-order valence-electron chi connectivity index (χ0n) is 11.8. The van der Waals surface area contributed by atoms with Gasteiger partial charge in [-0.25, -0.2) is 0 Å². The molecule has 4 aromatic carbocycles. The highest BCUT2D eigenvalue weighted by Crippen LogP contribution is 2.38. The standard InChI is InChI=1S/C20H13NS/c22-21-17-11-9-13-5-1-3-7-15(13)19(17)20-16-8-4-2-6-14(16)10-12-18(20)21/h1-12,22H. The minimum atomic E-state index is 1.16. The lowest BCUT2D eigenvalue weighted by molar-refractivity contribution is 1.45. The molecule has 0 bridgehead atoms. The highest BCUT2D eigenvalue weighted by molar-refractivity contribution is 7.79. The molecular weight excluding hydrogens is 286 g/mol. The Bertz CT molecular complexity index is 1090. The first-order chi connectivity index (χ1) is 10.8. The van der Waals surface area contributed by atoms with E-state index in [2.05, 4.69) is 72.8 Å². The summed E-state index contributed by atoms with van der Waals surface area (Å²) in [7, 11) is 0. The Morgan fingerprint density at radius 3 is 1.50 bits per heavy atom. The van der Waals surface area contributed by atoms with Gasteiger partial charge in [-0.1, -0.05) is 73.5 Å². The average molecular weight is 299 g/mol. The lowest BCUT2D eigenvalue weighted by Crippen LogP contribution is -1.79. The molecule has 1 nitrogen and oxygen atoms in total. The van der Waals surface area contributed by atoms with Crippen LogP contribution in [-0.4, -0.2) is 3.97 Å². The molecule has 1 aromatic heterocycles. The van der Waals surface area contributed by atoms with Crippen molar-refractivity contribution in [2.45, 2.75) is 0 Å². The number of nitrogens with zero attached hydrogens (tertiary/aromatic N) is 1. The third-order valence-corrected chi connectivity index (χ3v) is 4.95. The molecule has 0 N–H and O–H groups in total. The van der Waals surface area contributed by atoms with E-state index in [1.807, 2.05) is 3.97 Å². The fraction of sp³-hybridized carbons (Fsp3) is 0. The second kappa shape index (κ2) is 4.28. The van der Waals surface area contributed by atoms with Crippen LogP contribution in [0.2, 0.25) is 0 Å². The quantitative estimate of drug-likeness (QED) is 0.345. The summed E-state index contributed by atoms with van der Waals surface area (Å²) in [6.45, 7) is 0. The van der Waals surface area contributed by atoms with Crippen LogP contribution >= 0.6 is 12.8 Å². The Kier molecular flexibility index (Phi) is 2.36. The first-order valence-electron chi connectivity index (χ1n) is 7.37. The second-order valence-electron chi connectivity index (χ2n) is 5.67. The molecule has 0 radical (unpaired) electrons. The first kappa shape index (κ1) is 12.1. The molecule has 5 aromatic rings. The van der Waals surface area contributed by atoms with E-state index in [9.17, 15) is 0 Å². The largest absolute Gasteiger partial charge is 0.286 e. The van der Waals surface area contributed by atoms with E-state index in [0.717, 1.165) is 11.0 Å². The third kappa shape index (κ3) is 1.45. The second-order valence-corrected chi connectivity index (χ2v) is 6.07. The Morgan fingerprint density at radius 1 is 0.545 bits per heavy atom. The highest BCUT2D eigenvalue weighted by atomic mass is 32.1. The zero-order valence-corrected chi connectivity index (χ0v) is 12.7. The Labute approximate surface area is 133 Å². The average Bonchev–Trinajstić information content (AvgIpc) is 2.88. The van der Waals surface area contributed by atoms with Crippen LogP contribution < -0.4 is 0 Å². The van der Waals surface area contributed by atoms with Gasteiger partial charge in [0.15, 0.2) is 0 Å². The monoisotopic (exact) mass is 299 g/mol. The summed E-state index contributed by atoms with van der Waals surface area (Å²) in [5.41, 5.74) is 2.32. The van der Waals surface area contributed by atoms with Crippen molar-refractivity contribution in [2.75, 3.05) is 0 Å². The van der Waals surface area contributed by atoms with E-state index in [1.165, 1.54) is 32.3 Å². The SMILES string of the molecule is Sn1c2ccc3ccccc3c2c2c3ccccc3ccc21. The van der Waals surface area contributed by atoms with Crippen molar-refractivity contribution in [2.24, 2.45) is 0 Å². The van der Waals surface area contributed by atoms with Crippen molar-refractivity contribution in [3.63, 3.8) is 0 Å². The smallest absolute Gasteiger partial charge is 0.0608 e. The number of hydrogen-bond acceptors (Lipinski definition) is 1. The Hall–Kier alpha value is -2.45. The van der Waals surface area contributed by atoms with Gasteiger partial charge in [0, 0.05) is 10.8 Å². The van der Waals surface area contributed by atoms with Crippen LogP contribution in [0.15, 0.2) is 72.8 Å². The molecule has 0 amide bonds. The Morgan fingerprint density at radius 2 is 1.00 bits per heavy atom. The zero-order chi connectivity index (χ0) is 14.7. The van der Waals surface area contributed by atoms with E-state index in [1.54, 1.807) is 0 Å².